The fraction of sp³-hybridized carbons (Fsp3) is 0.381. The summed E-state index contributed by atoms with van der Waals surface area (Å²) in [6.07, 6.45) is 1.19. The molecular formula is C21H25Cl2NO2. The van der Waals surface area contributed by atoms with Gasteiger partial charge in [-0.15, -0.1) is 0 Å². The summed E-state index contributed by atoms with van der Waals surface area (Å²) in [4.78, 5) is 14.6. The second-order valence-electron chi connectivity index (χ2n) is 6.71. The topological polar surface area (TPSA) is 29.5 Å². The van der Waals surface area contributed by atoms with Gasteiger partial charge in [0.05, 0.1) is 7.11 Å². The van der Waals surface area contributed by atoms with Gasteiger partial charge in [0.15, 0.2) is 0 Å². The maximum atomic E-state index is 12.7. The Balaban J connectivity index is 2.16. The summed E-state index contributed by atoms with van der Waals surface area (Å²) < 4.78 is 5.43. The van der Waals surface area contributed by atoms with Crippen LogP contribution in [0.3, 0.4) is 0 Å². The van der Waals surface area contributed by atoms with Crippen LogP contribution in [0.25, 0.3) is 0 Å². The summed E-state index contributed by atoms with van der Waals surface area (Å²) in [6, 6.07) is 13.3. The number of hydrogen-bond acceptors (Lipinski definition) is 2. The van der Waals surface area contributed by atoms with E-state index in [1.807, 2.05) is 41.3 Å². The van der Waals surface area contributed by atoms with Crippen LogP contribution in [0.5, 0.6) is 5.75 Å². The average molecular weight is 394 g/mol. The van der Waals surface area contributed by atoms with Gasteiger partial charge in [-0.05, 0) is 36.1 Å². The first-order chi connectivity index (χ1) is 12.4. The molecule has 0 saturated heterocycles. The molecule has 0 aliphatic rings. The fourth-order valence-electron chi connectivity index (χ4n) is 2.79. The zero-order valence-corrected chi connectivity index (χ0v) is 17.0. The number of hydrogen-bond donors (Lipinski definition) is 0. The van der Waals surface area contributed by atoms with Crippen molar-refractivity contribution < 1.29 is 9.53 Å². The average Bonchev–Trinajstić information content (AvgIpc) is 2.59. The van der Waals surface area contributed by atoms with Crippen molar-refractivity contribution in [3.8, 4) is 5.75 Å². The van der Waals surface area contributed by atoms with Crippen molar-refractivity contribution in [1.29, 1.82) is 0 Å². The van der Waals surface area contributed by atoms with E-state index in [0.717, 1.165) is 16.9 Å². The molecule has 2 rings (SSSR count). The molecule has 0 bridgehead atoms. The molecule has 0 radical (unpaired) electrons. The normalized spacial score (nSPS) is 10.8. The van der Waals surface area contributed by atoms with Crippen molar-refractivity contribution in [3.63, 3.8) is 0 Å². The minimum absolute atomic E-state index is 0.135. The largest absolute Gasteiger partial charge is 0.496 e. The number of carbonyl (C=O) groups excluding carboxylic acids is 1. The van der Waals surface area contributed by atoms with Gasteiger partial charge in [-0.25, -0.2) is 0 Å². The molecule has 0 fully saturated rings. The quantitative estimate of drug-likeness (QED) is 0.582. The number of methoxy groups -OCH3 is 1. The highest BCUT2D eigenvalue weighted by molar-refractivity contribution is 6.35. The highest BCUT2D eigenvalue weighted by atomic mass is 35.5. The third kappa shape index (κ3) is 5.93. The van der Waals surface area contributed by atoms with E-state index in [9.17, 15) is 4.79 Å². The molecule has 0 aliphatic carbocycles. The van der Waals surface area contributed by atoms with Crippen molar-refractivity contribution in [2.45, 2.75) is 33.2 Å². The predicted molar refractivity (Wildman–Crippen MR) is 108 cm³/mol. The summed E-state index contributed by atoms with van der Waals surface area (Å²) in [5.74, 6) is 1.23. The zero-order chi connectivity index (χ0) is 19.1. The number of carbonyl (C=O) groups is 1. The Morgan fingerprint density at radius 2 is 1.85 bits per heavy atom. The number of rotatable bonds is 8. The molecule has 0 atom stereocenters. The van der Waals surface area contributed by atoms with Crippen molar-refractivity contribution in [1.82, 2.24) is 4.90 Å². The lowest BCUT2D eigenvalue weighted by atomic mass is 10.1. The van der Waals surface area contributed by atoms with Crippen molar-refractivity contribution in [2.75, 3.05) is 13.7 Å². The monoisotopic (exact) mass is 393 g/mol. The number of nitrogens with zero attached hydrogens (tertiary/aromatic N) is 1. The molecule has 0 N–H and O–H groups in total. The van der Waals surface area contributed by atoms with Gasteiger partial charge in [-0.3, -0.25) is 4.79 Å². The van der Waals surface area contributed by atoms with Crippen LogP contribution in [-0.2, 0) is 17.8 Å². The molecule has 0 spiro atoms. The molecule has 1 amide bonds. The molecule has 0 heterocycles. The molecule has 2 aromatic rings. The third-order valence-electron chi connectivity index (χ3n) is 4.16. The van der Waals surface area contributed by atoms with E-state index in [1.54, 1.807) is 13.2 Å². The summed E-state index contributed by atoms with van der Waals surface area (Å²) in [5.41, 5.74) is 1.98. The number of amides is 1. The lowest BCUT2D eigenvalue weighted by Gasteiger charge is -2.25. The molecule has 0 saturated carbocycles. The van der Waals surface area contributed by atoms with Crippen LogP contribution >= 0.6 is 23.2 Å². The van der Waals surface area contributed by atoms with Crippen molar-refractivity contribution in [2.24, 2.45) is 5.92 Å². The van der Waals surface area contributed by atoms with E-state index in [-0.39, 0.29) is 5.91 Å². The van der Waals surface area contributed by atoms with Gasteiger partial charge in [0, 0.05) is 35.1 Å². The Morgan fingerprint density at radius 3 is 2.50 bits per heavy atom. The molecule has 0 unspecified atom stereocenters. The minimum atomic E-state index is 0.135. The molecule has 5 heteroatoms. The van der Waals surface area contributed by atoms with E-state index in [0.29, 0.717) is 41.9 Å². The van der Waals surface area contributed by atoms with Crippen LogP contribution in [0.1, 0.15) is 31.4 Å². The number of para-hydroxylation sites is 1. The van der Waals surface area contributed by atoms with Crippen molar-refractivity contribution >= 4 is 29.1 Å². The standard InChI is InChI=1S/C21H25Cl2NO2/c1-15(2)12-21(25)24(14-17-6-4-5-7-20(17)26-3)11-10-16-8-9-18(22)13-19(16)23/h4-9,13,15H,10-12,14H2,1-3H3. The zero-order valence-electron chi connectivity index (χ0n) is 15.5. The van der Waals surface area contributed by atoms with E-state index in [1.165, 1.54) is 0 Å². The second kappa shape index (κ2) is 9.84. The Morgan fingerprint density at radius 1 is 1.12 bits per heavy atom. The molecular weight excluding hydrogens is 369 g/mol. The third-order valence-corrected chi connectivity index (χ3v) is 4.74. The maximum absolute atomic E-state index is 12.7. The smallest absolute Gasteiger partial charge is 0.223 e. The molecule has 0 aliphatic heterocycles. The van der Waals surface area contributed by atoms with Gasteiger partial charge in [-0.1, -0.05) is 61.3 Å². The van der Waals surface area contributed by atoms with E-state index in [2.05, 4.69) is 13.8 Å². The van der Waals surface area contributed by atoms with E-state index in [4.69, 9.17) is 27.9 Å². The van der Waals surface area contributed by atoms with Gasteiger partial charge >= 0.3 is 0 Å². The van der Waals surface area contributed by atoms with Gasteiger partial charge in [0.2, 0.25) is 5.91 Å². The molecule has 26 heavy (non-hydrogen) atoms. The lowest BCUT2D eigenvalue weighted by Crippen LogP contribution is -2.33. The fourth-order valence-corrected chi connectivity index (χ4v) is 3.29. The van der Waals surface area contributed by atoms with Gasteiger partial charge in [0.1, 0.15) is 5.75 Å². The second-order valence-corrected chi connectivity index (χ2v) is 7.55. The molecule has 3 nitrogen and oxygen atoms in total. The van der Waals surface area contributed by atoms with Gasteiger partial charge in [0.25, 0.3) is 0 Å². The summed E-state index contributed by atoms with van der Waals surface area (Å²) in [5, 5.41) is 1.24. The number of halogens is 2. The SMILES string of the molecule is COc1ccccc1CN(CCc1ccc(Cl)cc1Cl)C(=O)CC(C)C. The van der Waals surface area contributed by atoms with Crippen LogP contribution in [0.15, 0.2) is 42.5 Å². The first-order valence-electron chi connectivity index (χ1n) is 8.74. The Labute approximate surface area is 165 Å². The molecule has 0 aromatic heterocycles. The molecule has 140 valence electrons. The Kier molecular flexibility index (Phi) is 7.80. The van der Waals surface area contributed by atoms with E-state index >= 15 is 0 Å². The first-order valence-corrected chi connectivity index (χ1v) is 9.50. The predicted octanol–water partition coefficient (Wildman–Crippen LogP) is 5.62. The minimum Gasteiger partial charge on any atom is -0.496 e. The molecule has 2 aromatic carbocycles. The van der Waals surface area contributed by atoms with Crippen molar-refractivity contribution in [3.05, 3.63) is 63.6 Å². The van der Waals surface area contributed by atoms with Crippen LogP contribution < -0.4 is 4.74 Å². The highest BCUT2D eigenvalue weighted by Crippen LogP contribution is 2.23. The summed E-state index contributed by atoms with van der Waals surface area (Å²) >= 11 is 12.2. The summed E-state index contributed by atoms with van der Waals surface area (Å²) in [6.45, 7) is 5.20. The maximum Gasteiger partial charge on any atom is 0.223 e. The Bertz CT molecular complexity index is 747. The Hall–Kier alpha value is -1.71. The number of benzene rings is 2. The highest BCUT2D eigenvalue weighted by Gasteiger charge is 2.17. The van der Waals surface area contributed by atoms with E-state index < -0.39 is 0 Å². The van der Waals surface area contributed by atoms with Crippen LogP contribution in [0.4, 0.5) is 0 Å². The number of ether oxygens (including phenoxy) is 1. The van der Waals surface area contributed by atoms with Crippen LogP contribution in [-0.4, -0.2) is 24.5 Å². The van der Waals surface area contributed by atoms with Gasteiger partial charge in [-0.2, -0.15) is 0 Å². The first kappa shape index (κ1) is 20.6. The van der Waals surface area contributed by atoms with Crippen LogP contribution in [0.2, 0.25) is 10.0 Å². The van der Waals surface area contributed by atoms with Crippen LogP contribution in [0, 0.1) is 5.92 Å². The summed E-state index contributed by atoms with van der Waals surface area (Å²) in [7, 11) is 1.65. The lowest BCUT2D eigenvalue weighted by molar-refractivity contribution is -0.132. The van der Waals surface area contributed by atoms with Gasteiger partial charge < -0.3 is 9.64 Å².